The topological polar surface area (TPSA) is 72.8 Å². The van der Waals surface area contributed by atoms with Crippen LogP contribution in [0.1, 0.15) is 50.3 Å². The molecule has 1 aromatic rings. The molecule has 32 heavy (non-hydrogen) atoms. The van der Waals surface area contributed by atoms with Crippen LogP contribution in [0.15, 0.2) is 23.8 Å². The van der Waals surface area contributed by atoms with Gasteiger partial charge in [-0.25, -0.2) is 4.79 Å². The summed E-state index contributed by atoms with van der Waals surface area (Å²) in [6.45, 7) is 4.08. The van der Waals surface area contributed by atoms with E-state index in [2.05, 4.69) is 0 Å². The highest BCUT2D eigenvalue weighted by molar-refractivity contribution is 5.96. The molecule has 0 aliphatic carbocycles. The number of hydrogen-bond acceptors (Lipinski definition) is 5. The van der Waals surface area contributed by atoms with Crippen LogP contribution < -0.4 is 0 Å². The largest absolute Gasteiger partial charge is 0.461 e. The number of alkyl halides is 6. The molecule has 1 atom stereocenters. The average molecular weight is 468 g/mol. The van der Waals surface area contributed by atoms with Crippen LogP contribution in [0.2, 0.25) is 0 Å². The van der Waals surface area contributed by atoms with Crippen molar-refractivity contribution in [2.75, 3.05) is 13.2 Å². The Morgan fingerprint density at radius 1 is 1.09 bits per heavy atom. The zero-order chi connectivity index (χ0) is 24.5. The van der Waals surface area contributed by atoms with Crippen molar-refractivity contribution in [3.63, 3.8) is 0 Å². The maximum absolute atomic E-state index is 13.0. The zero-order valence-corrected chi connectivity index (χ0v) is 17.5. The van der Waals surface area contributed by atoms with E-state index in [1.165, 1.54) is 0 Å². The molecule has 178 valence electrons. The molecule has 0 spiro atoms. The molecule has 0 radical (unpaired) electrons. The summed E-state index contributed by atoms with van der Waals surface area (Å²) in [6.07, 6.45) is -9.58. The van der Waals surface area contributed by atoms with Crippen LogP contribution in [0, 0.1) is 5.41 Å². The lowest BCUT2D eigenvalue weighted by Gasteiger charge is -2.25. The van der Waals surface area contributed by atoms with E-state index in [-0.39, 0.29) is 29.9 Å². The second-order valence-corrected chi connectivity index (χ2v) is 8.81. The lowest BCUT2D eigenvalue weighted by atomic mass is 9.92. The van der Waals surface area contributed by atoms with Gasteiger partial charge in [-0.1, -0.05) is 20.8 Å². The molecule has 1 aromatic carbocycles. The highest BCUT2D eigenvalue weighted by Gasteiger charge is 2.45. The third-order valence-electron chi connectivity index (χ3n) is 4.49. The molecule has 5 nitrogen and oxygen atoms in total. The van der Waals surface area contributed by atoms with E-state index < -0.39 is 59.8 Å². The zero-order valence-electron chi connectivity index (χ0n) is 17.5. The maximum atomic E-state index is 13.0. The molecule has 1 aliphatic heterocycles. The molecule has 1 heterocycles. The number of benzene rings is 1. The third kappa shape index (κ3) is 6.72. The first kappa shape index (κ1) is 25.7. The van der Waals surface area contributed by atoms with Crippen molar-refractivity contribution in [2.24, 2.45) is 5.41 Å². The van der Waals surface area contributed by atoms with E-state index in [1.807, 2.05) is 0 Å². The quantitative estimate of drug-likeness (QED) is 0.383. The average Bonchev–Trinajstić information content (AvgIpc) is 2.93. The molecular weight excluding hydrogens is 446 g/mol. The smallest absolute Gasteiger partial charge is 0.416 e. The van der Waals surface area contributed by atoms with Crippen LogP contribution in [0.5, 0.6) is 0 Å². The summed E-state index contributed by atoms with van der Waals surface area (Å²) >= 11 is 0. The van der Waals surface area contributed by atoms with Crippen LogP contribution in [0.25, 0.3) is 6.08 Å². The second-order valence-electron chi connectivity index (χ2n) is 8.81. The fourth-order valence-corrected chi connectivity index (χ4v) is 3.00. The van der Waals surface area contributed by atoms with Gasteiger partial charge in [0, 0.05) is 12.0 Å². The van der Waals surface area contributed by atoms with Crippen molar-refractivity contribution in [3.05, 3.63) is 40.5 Å². The van der Waals surface area contributed by atoms with Gasteiger partial charge in [0.15, 0.2) is 5.60 Å². The summed E-state index contributed by atoms with van der Waals surface area (Å²) in [5.41, 5.74) is -5.91. The van der Waals surface area contributed by atoms with Crippen molar-refractivity contribution in [1.82, 2.24) is 0 Å². The van der Waals surface area contributed by atoms with Crippen molar-refractivity contribution in [3.8, 4) is 0 Å². The van der Waals surface area contributed by atoms with E-state index in [0.29, 0.717) is 12.1 Å². The Morgan fingerprint density at radius 2 is 1.62 bits per heavy atom. The predicted octanol–water partition coefficient (Wildman–Crippen LogP) is 4.77. The van der Waals surface area contributed by atoms with Crippen LogP contribution in [-0.2, 0) is 31.4 Å². The first-order valence-electron chi connectivity index (χ1n) is 9.44. The summed E-state index contributed by atoms with van der Waals surface area (Å²) in [5.74, 6) is -1.66. The summed E-state index contributed by atoms with van der Waals surface area (Å²) in [5, 5.41) is 9.67. The minimum atomic E-state index is -5.04. The number of esters is 2. The van der Waals surface area contributed by atoms with Gasteiger partial charge in [0.1, 0.15) is 6.61 Å². The standard InChI is InChI=1S/C21H22F6O5/c1-18(2,3)9-16(29)31-11-19(10-28)8-13(17(30)32-19)4-12-5-14(20(22,23)24)7-15(6-12)21(25,26)27/h4-7,28H,8-11H2,1-3H3/b13-4+. The first-order chi connectivity index (χ1) is 14.4. The fraction of sp³-hybridized carbons (Fsp3) is 0.524. The van der Waals surface area contributed by atoms with E-state index in [4.69, 9.17) is 9.47 Å². The van der Waals surface area contributed by atoms with E-state index >= 15 is 0 Å². The second kappa shape index (κ2) is 8.76. The van der Waals surface area contributed by atoms with Gasteiger partial charge in [-0.05, 0) is 35.3 Å². The lowest BCUT2D eigenvalue weighted by molar-refractivity contribution is -0.167. The fourth-order valence-electron chi connectivity index (χ4n) is 3.00. The molecule has 1 fully saturated rings. The van der Waals surface area contributed by atoms with E-state index in [0.717, 1.165) is 6.08 Å². The van der Waals surface area contributed by atoms with Gasteiger partial charge in [0.2, 0.25) is 0 Å². The highest BCUT2D eigenvalue weighted by Crippen LogP contribution is 2.38. The minimum absolute atomic E-state index is 0.0261. The Morgan fingerprint density at radius 3 is 2.06 bits per heavy atom. The van der Waals surface area contributed by atoms with Crippen LogP contribution in [0.3, 0.4) is 0 Å². The van der Waals surface area contributed by atoms with Crippen molar-refractivity contribution in [2.45, 2.75) is 51.6 Å². The number of carbonyl (C=O) groups excluding carboxylic acids is 2. The molecule has 2 rings (SSSR count). The molecule has 0 bridgehead atoms. The van der Waals surface area contributed by atoms with Gasteiger partial charge < -0.3 is 14.6 Å². The molecule has 11 heteroatoms. The van der Waals surface area contributed by atoms with Gasteiger partial charge in [-0.15, -0.1) is 0 Å². The van der Waals surface area contributed by atoms with E-state index in [9.17, 15) is 41.0 Å². The molecule has 0 amide bonds. The predicted molar refractivity (Wildman–Crippen MR) is 100.0 cm³/mol. The molecular formula is C21H22F6O5. The SMILES string of the molecule is CC(C)(C)CC(=O)OCC1(CO)C/C(=C\c2cc(C(F)(F)F)cc(C(F)(F)F)c2)C(=O)O1. The molecule has 0 aromatic heterocycles. The monoisotopic (exact) mass is 468 g/mol. The molecule has 0 saturated carbocycles. The normalized spacial score (nSPS) is 21.1. The molecule has 1 saturated heterocycles. The maximum Gasteiger partial charge on any atom is 0.416 e. The molecule has 1 aliphatic rings. The Bertz CT molecular complexity index is 878. The molecule has 1 N–H and O–H groups in total. The Balaban J connectivity index is 2.31. The Hall–Kier alpha value is -2.56. The van der Waals surface area contributed by atoms with Crippen LogP contribution in [-0.4, -0.2) is 35.9 Å². The highest BCUT2D eigenvalue weighted by atomic mass is 19.4. The van der Waals surface area contributed by atoms with Crippen LogP contribution >= 0.6 is 0 Å². The van der Waals surface area contributed by atoms with Gasteiger partial charge in [-0.3, -0.25) is 4.79 Å². The number of aliphatic hydroxyl groups excluding tert-OH is 1. The Labute approximate surface area is 180 Å². The molecule has 1 unspecified atom stereocenters. The summed E-state index contributed by atoms with van der Waals surface area (Å²) in [4.78, 5) is 24.1. The third-order valence-corrected chi connectivity index (χ3v) is 4.49. The number of ether oxygens (including phenoxy) is 2. The van der Waals surface area contributed by atoms with Crippen molar-refractivity contribution >= 4 is 18.0 Å². The summed E-state index contributed by atoms with van der Waals surface area (Å²) in [7, 11) is 0. The van der Waals surface area contributed by atoms with Gasteiger partial charge in [0.25, 0.3) is 0 Å². The summed E-state index contributed by atoms with van der Waals surface area (Å²) < 4.78 is 88.4. The Kier molecular flexibility index (Phi) is 7.04. The van der Waals surface area contributed by atoms with Crippen molar-refractivity contribution < 1.29 is 50.5 Å². The van der Waals surface area contributed by atoms with Gasteiger partial charge in [0.05, 0.1) is 24.2 Å². The lowest BCUT2D eigenvalue weighted by Crippen LogP contribution is -2.39. The first-order valence-corrected chi connectivity index (χ1v) is 9.44. The number of cyclic esters (lactones) is 1. The number of rotatable bonds is 5. The van der Waals surface area contributed by atoms with Crippen LogP contribution in [0.4, 0.5) is 26.3 Å². The summed E-state index contributed by atoms with van der Waals surface area (Å²) in [6, 6.07) is 0.914. The number of hydrogen-bond donors (Lipinski definition) is 1. The van der Waals surface area contributed by atoms with E-state index in [1.54, 1.807) is 20.8 Å². The number of carbonyl (C=O) groups is 2. The number of aliphatic hydroxyl groups is 1. The van der Waals surface area contributed by atoms with Crippen molar-refractivity contribution in [1.29, 1.82) is 0 Å². The number of halogens is 6. The van der Waals surface area contributed by atoms with Gasteiger partial charge >= 0.3 is 24.3 Å². The van der Waals surface area contributed by atoms with Gasteiger partial charge in [-0.2, -0.15) is 26.3 Å². The minimum Gasteiger partial charge on any atom is -0.461 e.